The first-order chi connectivity index (χ1) is 10.2. The van der Waals surface area contributed by atoms with E-state index in [9.17, 15) is 4.79 Å². The van der Waals surface area contributed by atoms with Gasteiger partial charge in [-0.2, -0.15) is 5.10 Å². The number of aromatic nitrogens is 2. The quantitative estimate of drug-likeness (QED) is 0.900. The van der Waals surface area contributed by atoms with Crippen LogP contribution in [-0.4, -0.2) is 27.8 Å². The van der Waals surface area contributed by atoms with Gasteiger partial charge in [-0.25, -0.2) is 4.68 Å². The predicted molar refractivity (Wildman–Crippen MR) is 81.3 cm³/mol. The normalized spacial score (nSPS) is 16.8. The van der Waals surface area contributed by atoms with E-state index in [4.69, 9.17) is 5.73 Å². The van der Waals surface area contributed by atoms with E-state index in [0.717, 1.165) is 31.4 Å². The Kier molecular flexibility index (Phi) is 3.75. The summed E-state index contributed by atoms with van der Waals surface area (Å²) >= 11 is 0. The molecule has 1 saturated carbocycles. The van der Waals surface area contributed by atoms with E-state index in [1.165, 1.54) is 0 Å². The summed E-state index contributed by atoms with van der Waals surface area (Å²) in [4.78, 5) is 12.4. The van der Waals surface area contributed by atoms with Gasteiger partial charge in [0.15, 0.2) is 0 Å². The minimum Gasteiger partial charge on any atom is -0.345 e. The lowest BCUT2D eigenvalue weighted by atomic mass is 9.97. The highest BCUT2D eigenvalue weighted by atomic mass is 16.1. The van der Waals surface area contributed by atoms with Gasteiger partial charge in [0, 0.05) is 24.5 Å². The Morgan fingerprint density at radius 3 is 2.57 bits per heavy atom. The van der Waals surface area contributed by atoms with Crippen molar-refractivity contribution >= 4 is 5.91 Å². The molecule has 0 bridgehead atoms. The lowest BCUT2D eigenvalue weighted by Crippen LogP contribution is -2.51. The summed E-state index contributed by atoms with van der Waals surface area (Å²) < 4.78 is 1.76. The molecule has 0 saturated heterocycles. The van der Waals surface area contributed by atoms with Crippen LogP contribution in [0.3, 0.4) is 0 Å². The summed E-state index contributed by atoms with van der Waals surface area (Å²) in [5.41, 5.74) is 7.24. The molecule has 0 unspecified atom stereocenters. The van der Waals surface area contributed by atoms with E-state index in [1.807, 2.05) is 36.5 Å². The van der Waals surface area contributed by atoms with Crippen molar-refractivity contribution < 1.29 is 4.79 Å². The third-order valence-corrected chi connectivity index (χ3v) is 4.23. The molecule has 1 aromatic heterocycles. The molecule has 0 atom stereocenters. The van der Waals surface area contributed by atoms with Crippen LogP contribution in [0, 0.1) is 0 Å². The number of carbonyl (C=O) groups is 1. The van der Waals surface area contributed by atoms with Crippen molar-refractivity contribution in [3.05, 3.63) is 48.3 Å². The van der Waals surface area contributed by atoms with Crippen molar-refractivity contribution in [2.75, 3.05) is 6.54 Å². The van der Waals surface area contributed by atoms with Crippen molar-refractivity contribution in [1.82, 2.24) is 15.1 Å². The molecule has 110 valence electrons. The van der Waals surface area contributed by atoms with Gasteiger partial charge in [-0.15, -0.1) is 0 Å². The first kappa shape index (κ1) is 13.8. The largest absolute Gasteiger partial charge is 0.345 e. The molecular formula is C16H20N4O. The van der Waals surface area contributed by atoms with Crippen LogP contribution in [0.25, 0.3) is 5.69 Å². The number of benzene rings is 1. The van der Waals surface area contributed by atoms with Crippen molar-refractivity contribution in [2.24, 2.45) is 5.73 Å². The third kappa shape index (κ3) is 2.83. The molecule has 5 nitrogen and oxygen atoms in total. The Hall–Kier alpha value is -2.14. The van der Waals surface area contributed by atoms with Crippen LogP contribution in [0.1, 0.15) is 36.0 Å². The topological polar surface area (TPSA) is 72.9 Å². The van der Waals surface area contributed by atoms with Gasteiger partial charge >= 0.3 is 0 Å². The van der Waals surface area contributed by atoms with Gasteiger partial charge in [-0.1, -0.05) is 12.8 Å². The molecule has 1 aromatic carbocycles. The minimum atomic E-state index is -0.211. The Labute approximate surface area is 124 Å². The second kappa shape index (κ2) is 5.69. The monoisotopic (exact) mass is 284 g/mol. The molecule has 1 fully saturated rings. The number of carbonyl (C=O) groups excluding carboxylic acids is 1. The SMILES string of the molecule is NCC1(NC(=O)c2ccc(-n3cccn3)cc2)CCCC1. The van der Waals surface area contributed by atoms with Crippen LogP contribution >= 0.6 is 0 Å². The van der Waals surface area contributed by atoms with Crippen LogP contribution < -0.4 is 11.1 Å². The van der Waals surface area contributed by atoms with Crippen LogP contribution in [0.5, 0.6) is 0 Å². The van der Waals surface area contributed by atoms with E-state index < -0.39 is 0 Å². The average Bonchev–Trinajstić information content (AvgIpc) is 3.19. The van der Waals surface area contributed by atoms with E-state index >= 15 is 0 Å². The highest BCUT2D eigenvalue weighted by Gasteiger charge is 2.33. The van der Waals surface area contributed by atoms with Gasteiger partial charge < -0.3 is 11.1 Å². The number of hydrogen-bond acceptors (Lipinski definition) is 3. The zero-order valence-corrected chi connectivity index (χ0v) is 12.0. The second-order valence-corrected chi connectivity index (χ2v) is 5.64. The summed E-state index contributed by atoms with van der Waals surface area (Å²) in [6.45, 7) is 0.504. The number of rotatable bonds is 4. The Balaban J connectivity index is 1.73. The first-order valence-corrected chi connectivity index (χ1v) is 7.35. The molecule has 5 heteroatoms. The molecule has 1 aliphatic carbocycles. The van der Waals surface area contributed by atoms with Crippen LogP contribution in [-0.2, 0) is 0 Å². The lowest BCUT2D eigenvalue weighted by molar-refractivity contribution is 0.0903. The zero-order chi connectivity index (χ0) is 14.7. The highest BCUT2D eigenvalue weighted by molar-refractivity contribution is 5.94. The zero-order valence-electron chi connectivity index (χ0n) is 12.0. The molecule has 1 amide bonds. The van der Waals surface area contributed by atoms with Crippen LogP contribution in [0.2, 0.25) is 0 Å². The molecule has 1 heterocycles. The predicted octanol–water partition coefficient (Wildman–Crippen LogP) is 1.87. The summed E-state index contributed by atoms with van der Waals surface area (Å²) in [6, 6.07) is 9.31. The Bertz CT molecular complexity index is 598. The van der Waals surface area contributed by atoms with Gasteiger partial charge in [0.05, 0.1) is 11.2 Å². The first-order valence-electron chi connectivity index (χ1n) is 7.35. The van der Waals surface area contributed by atoms with Gasteiger partial charge in [-0.05, 0) is 43.2 Å². The summed E-state index contributed by atoms with van der Waals surface area (Å²) in [6.07, 6.45) is 7.81. The van der Waals surface area contributed by atoms with Gasteiger partial charge in [0.2, 0.25) is 0 Å². The molecular weight excluding hydrogens is 264 g/mol. The van der Waals surface area contributed by atoms with E-state index in [2.05, 4.69) is 10.4 Å². The van der Waals surface area contributed by atoms with E-state index in [0.29, 0.717) is 12.1 Å². The number of nitrogens with two attached hydrogens (primary N) is 1. The van der Waals surface area contributed by atoms with Crippen molar-refractivity contribution in [3.63, 3.8) is 0 Å². The fraction of sp³-hybridized carbons (Fsp3) is 0.375. The second-order valence-electron chi connectivity index (χ2n) is 5.64. The maximum atomic E-state index is 12.4. The molecule has 21 heavy (non-hydrogen) atoms. The minimum absolute atomic E-state index is 0.0469. The van der Waals surface area contributed by atoms with Gasteiger partial charge in [0.1, 0.15) is 0 Å². The van der Waals surface area contributed by atoms with E-state index in [-0.39, 0.29) is 11.4 Å². The van der Waals surface area contributed by atoms with Crippen molar-refractivity contribution in [2.45, 2.75) is 31.2 Å². The number of nitrogens with zero attached hydrogens (tertiary/aromatic N) is 2. The molecule has 0 aliphatic heterocycles. The van der Waals surface area contributed by atoms with Crippen LogP contribution in [0.15, 0.2) is 42.7 Å². The lowest BCUT2D eigenvalue weighted by Gasteiger charge is -2.28. The van der Waals surface area contributed by atoms with Gasteiger partial charge in [0.25, 0.3) is 5.91 Å². The van der Waals surface area contributed by atoms with Crippen molar-refractivity contribution in [1.29, 1.82) is 0 Å². The third-order valence-electron chi connectivity index (χ3n) is 4.23. The molecule has 0 spiro atoms. The molecule has 3 N–H and O–H groups in total. The van der Waals surface area contributed by atoms with Crippen LogP contribution in [0.4, 0.5) is 0 Å². The Morgan fingerprint density at radius 1 is 1.29 bits per heavy atom. The smallest absolute Gasteiger partial charge is 0.251 e. The molecule has 0 radical (unpaired) electrons. The maximum absolute atomic E-state index is 12.4. The summed E-state index contributed by atoms with van der Waals surface area (Å²) in [7, 11) is 0. The number of hydrogen-bond donors (Lipinski definition) is 2. The highest BCUT2D eigenvalue weighted by Crippen LogP contribution is 2.29. The standard InChI is InChI=1S/C16H20N4O/c17-12-16(8-1-2-9-16)19-15(21)13-4-6-14(7-5-13)20-11-3-10-18-20/h3-7,10-11H,1-2,8-9,12,17H2,(H,19,21). The number of amides is 1. The molecule has 1 aliphatic rings. The van der Waals surface area contributed by atoms with E-state index in [1.54, 1.807) is 10.9 Å². The van der Waals surface area contributed by atoms with Gasteiger partial charge in [-0.3, -0.25) is 4.79 Å². The maximum Gasteiger partial charge on any atom is 0.251 e. The Morgan fingerprint density at radius 2 is 2.00 bits per heavy atom. The fourth-order valence-corrected chi connectivity index (χ4v) is 2.93. The average molecular weight is 284 g/mol. The summed E-state index contributed by atoms with van der Waals surface area (Å²) in [5, 5.41) is 7.29. The fourth-order valence-electron chi connectivity index (χ4n) is 2.93. The molecule has 3 rings (SSSR count). The van der Waals surface area contributed by atoms with Crippen molar-refractivity contribution in [3.8, 4) is 5.69 Å². The summed E-state index contributed by atoms with van der Waals surface area (Å²) in [5.74, 6) is -0.0469. The number of nitrogens with one attached hydrogen (secondary N) is 1. The molecule has 2 aromatic rings.